The molecule has 1 fully saturated rings. The van der Waals surface area contributed by atoms with Gasteiger partial charge in [-0.05, 0) is 63.0 Å². The number of hydrogen-bond donors (Lipinski definition) is 1. The van der Waals surface area contributed by atoms with Gasteiger partial charge in [0.25, 0.3) is 5.91 Å². The molecule has 0 aliphatic carbocycles. The number of aromatic nitrogens is 2. The molecule has 1 aromatic carbocycles. The van der Waals surface area contributed by atoms with Crippen LogP contribution in [-0.2, 0) is 6.18 Å². The molecule has 1 unspecified atom stereocenters. The molecular weight excluding hydrogens is 405 g/mol. The van der Waals surface area contributed by atoms with Crippen LogP contribution in [0.25, 0.3) is 5.69 Å². The molecule has 1 aliphatic heterocycles. The van der Waals surface area contributed by atoms with Crippen molar-refractivity contribution in [2.45, 2.75) is 38.9 Å². The van der Waals surface area contributed by atoms with Crippen molar-refractivity contribution in [3.8, 4) is 5.69 Å². The van der Waals surface area contributed by atoms with Gasteiger partial charge in [-0.3, -0.25) is 9.69 Å². The van der Waals surface area contributed by atoms with Crippen LogP contribution in [0.2, 0.25) is 5.02 Å². The number of nitrogens with zero attached hydrogens (tertiary/aromatic N) is 3. The van der Waals surface area contributed by atoms with Crippen LogP contribution in [0.15, 0.2) is 30.5 Å². The summed E-state index contributed by atoms with van der Waals surface area (Å²) in [6, 6.07) is 5.84. The molecular formula is C20H24ClF3N4O. The lowest BCUT2D eigenvalue weighted by atomic mass is 9.98. The first kappa shape index (κ1) is 21.6. The number of likely N-dealkylation sites (tertiary alicyclic amines) is 1. The molecule has 158 valence electrons. The third-order valence-corrected chi connectivity index (χ3v) is 5.61. The van der Waals surface area contributed by atoms with Gasteiger partial charge in [0.05, 0.1) is 17.4 Å². The fraction of sp³-hybridized carbons (Fsp3) is 0.500. The van der Waals surface area contributed by atoms with Crippen LogP contribution in [0.5, 0.6) is 0 Å². The van der Waals surface area contributed by atoms with E-state index >= 15 is 0 Å². The number of benzene rings is 1. The molecule has 1 saturated heterocycles. The number of piperidine rings is 1. The zero-order valence-corrected chi connectivity index (χ0v) is 17.1. The molecule has 9 heteroatoms. The van der Waals surface area contributed by atoms with Crippen molar-refractivity contribution < 1.29 is 18.0 Å². The fourth-order valence-corrected chi connectivity index (χ4v) is 3.63. The highest BCUT2D eigenvalue weighted by Crippen LogP contribution is 2.33. The largest absolute Gasteiger partial charge is 0.434 e. The van der Waals surface area contributed by atoms with E-state index in [4.69, 9.17) is 11.6 Å². The summed E-state index contributed by atoms with van der Waals surface area (Å²) in [5.74, 6) is -0.101. The molecule has 1 amide bonds. The van der Waals surface area contributed by atoms with Crippen molar-refractivity contribution in [3.05, 3.63) is 46.7 Å². The Kier molecular flexibility index (Phi) is 6.53. The number of carbonyl (C=O) groups is 1. The normalized spacial score (nSPS) is 17.3. The highest BCUT2D eigenvalue weighted by Gasteiger charge is 2.40. The minimum absolute atomic E-state index is 0.0482. The fourth-order valence-electron chi connectivity index (χ4n) is 3.50. The van der Waals surface area contributed by atoms with Gasteiger partial charge >= 0.3 is 6.18 Å². The molecule has 2 heterocycles. The van der Waals surface area contributed by atoms with E-state index in [0.717, 1.165) is 36.8 Å². The van der Waals surface area contributed by atoms with E-state index in [1.165, 1.54) is 24.3 Å². The lowest BCUT2D eigenvalue weighted by Crippen LogP contribution is -2.45. The summed E-state index contributed by atoms with van der Waals surface area (Å²) >= 11 is 5.81. The lowest BCUT2D eigenvalue weighted by molar-refractivity contribution is -0.143. The van der Waals surface area contributed by atoms with Crippen LogP contribution >= 0.6 is 11.6 Å². The Morgan fingerprint density at radius 3 is 2.48 bits per heavy atom. The second-order valence-corrected chi connectivity index (χ2v) is 8.01. The summed E-state index contributed by atoms with van der Waals surface area (Å²) in [6.45, 7) is 6.32. The Labute approximate surface area is 172 Å². The number of alkyl halides is 3. The zero-order valence-electron chi connectivity index (χ0n) is 16.3. The van der Waals surface area contributed by atoms with Gasteiger partial charge in [-0.2, -0.15) is 18.3 Å². The summed E-state index contributed by atoms with van der Waals surface area (Å²) in [4.78, 5) is 14.8. The molecule has 0 bridgehead atoms. The maximum atomic E-state index is 13.7. The summed E-state index contributed by atoms with van der Waals surface area (Å²) in [6.07, 6.45) is -1.60. The van der Waals surface area contributed by atoms with Gasteiger partial charge in [-0.25, -0.2) is 4.68 Å². The molecule has 29 heavy (non-hydrogen) atoms. The highest BCUT2D eigenvalue weighted by atomic mass is 35.5. The van der Waals surface area contributed by atoms with Gasteiger partial charge in [0, 0.05) is 17.6 Å². The molecule has 5 nitrogen and oxygen atoms in total. The molecule has 2 aromatic rings. The molecule has 1 aliphatic rings. The molecule has 1 atom stereocenters. The number of rotatable bonds is 5. The summed E-state index contributed by atoms with van der Waals surface area (Å²) in [5, 5.41) is 6.85. The minimum Gasteiger partial charge on any atom is -0.350 e. The monoisotopic (exact) mass is 428 g/mol. The van der Waals surface area contributed by atoms with Crippen LogP contribution in [0, 0.1) is 5.92 Å². The molecule has 1 N–H and O–H groups in total. The molecule has 0 spiro atoms. The average Bonchev–Trinajstić information content (AvgIpc) is 3.13. The first-order chi connectivity index (χ1) is 13.7. The zero-order chi connectivity index (χ0) is 21.2. The van der Waals surface area contributed by atoms with Crippen LogP contribution in [0.3, 0.4) is 0 Å². The number of carbonyl (C=O) groups excluding carboxylic acids is 1. The highest BCUT2D eigenvalue weighted by molar-refractivity contribution is 6.30. The van der Waals surface area contributed by atoms with Crippen molar-refractivity contribution in [2.75, 3.05) is 19.6 Å². The SMILES string of the molecule is CC1CCN(C(C)CNC(=O)c2cnn(-c3ccc(Cl)cc3)c2C(F)(F)F)CC1. The van der Waals surface area contributed by atoms with Crippen molar-refractivity contribution in [1.82, 2.24) is 20.0 Å². The minimum atomic E-state index is -4.74. The van der Waals surface area contributed by atoms with E-state index in [9.17, 15) is 18.0 Å². The Balaban J connectivity index is 1.75. The van der Waals surface area contributed by atoms with E-state index in [0.29, 0.717) is 10.9 Å². The Morgan fingerprint density at radius 1 is 1.28 bits per heavy atom. The molecule has 3 rings (SSSR count). The number of hydrogen-bond acceptors (Lipinski definition) is 3. The van der Waals surface area contributed by atoms with Crippen molar-refractivity contribution in [2.24, 2.45) is 5.92 Å². The van der Waals surface area contributed by atoms with E-state index in [1.807, 2.05) is 6.92 Å². The lowest BCUT2D eigenvalue weighted by Gasteiger charge is -2.35. The van der Waals surface area contributed by atoms with Crippen LogP contribution < -0.4 is 5.32 Å². The predicted molar refractivity (Wildman–Crippen MR) is 105 cm³/mol. The Morgan fingerprint density at radius 2 is 1.90 bits per heavy atom. The Hall–Kier alpha value is -2.06. The van der Waals surface area contributed by atoms with Crippen LogP contribution in [0.1, 0.15) is 42.7 Å². The average molecular weight is 429 g/mol. The molecule has 0 radical (unpaired) electrons. The van der Waals surface area contributed by atoms with Crippen LogP contribution in [0.4, 0.5) is 13.2 Å². The van der Waals surface area contributed by atoms with E-state index in [2.05, 4.69) is 22.2 Å². The first-order valence-electron chi connectivity index (χ1n) is 9.60. The number of nitrogens with one attached hydrogen (secondary N) is 1. The topological polar surface area (TPSA) is 50.2 Å². The van der Waals surface area contributed by atoms with Gasteiger partial charge < -0.3 is 5.32 Å². The smallest absolute Gasteiger partial charge is 0.350 e. The van der Waals surface area contributed by atoms with Crippen molar-refractivity contribution in [3.63, 3.8) is 0 Å². The van der Waals surface area contributed by atoms with Gasteiger partial charge in [-0.15, -0.1) is 0 Å². The predicted octanol–water partition coefficient (Wildman–Crippen LogP) is 4.39. The van der Waals surface area contributed by atoms with E-state index in [1.54, 1.807) is 0 Å². The third-order valence-electron chi connectivity index (χ3n) is 5.35. The summed E-state index contributed by atoms with van der Waals surface area (Å²) in [7, 11) is 0. The van der Waals surface area contributed by atoms with Crippen LogP contribution in [-0.4, -0.2) is 46.3 Å². The van der Waals surface area contributed by atoms with E-state index < -0.39 is 23.3 Å². The van der Waals surface area contributed by atoms with Gasteiger partial charge in [0.2, 0.25) is 0 Å². The maximum absolute atomic E-state index is 13.7. The summed E-state index contributed by atoms with van der Waals surface area (Å²) in [5.41, 5.74) is -1.42. The second-order valence-electron chi connectivity index (χ2n) is 7.57. The standard InChI is InChI=1S/C20H24ClF3N4O/c1-13-7-9-27(10-8-13)14(2)11-25-19(29)17-12-26-28(18(17)20(22,23)24)16-5-3-15(21)4-6-16/h3-6,12-14H,7-11H2,1-2H3,(H,25,29). The Bertz CT molecular complexity index is 842. The summed E-state index contributed by atoms with van der Waals surface area (Å²) < 4.78 is 41.9. The second kappa shape index (κ2) is 8.75. The number of halogens is 4. The van der Waals surface area contributed by atoms with Gasteiger partial charge in [-0.1, -0.05) is 18.5 Å². The maximum Gasteiger partial charge on any atom is 0.434 e. The number of amides is 1. The van der Waals surface area contributed by atoms with Gasteiger partial charge in [0.15, 0.2) is 5.69 Å². The first-order valence-corrected chi connectivity index (χ1v) is 9.98. The van der Waals surface area contributed by atoms with E-state index in [-0.39, 0.29) is 18.3 Å². The van der Waals surface area contributed by atoms with Crippen molar-refractivity contribution >= 4 is 17.5 Å². The third kappa shape index (κ3) is 5.11. The molecule has 0 saturated carbocycles. The quantitative estimate of drug-likeness (QED) is 0.768. The van der Waals surface area contributed by atoms with Crippen molar-refractivity contribution in [1.29, 1.82) is 0 Å². The molecule has 1 aromatic heterocycles. The van der Waals surface area contributed by atoms with Gasteiger partial charge in [0.1, 0.15) is 0 Å².